The highest BCUT2D eigenvalue weighted by atomic mass is 35.5. The maximum Gasteiger partial charge on any atom is 0.455 e. The van der Waals surface area contributed by atoms with E-state index in [0.717, 1.165) is 6.07 Å². The summed E-state index contributed by atoms with van der Waals surface area (Å²) in [6.07, 6.45) is -4.85. The van der Waals surface area contributed by atoms with Gasteiger partial charge in [-0.2, -0.15) is 18.3 Å². The Morgan fingerprint density at radius 1 is 1.47 bits per heavy atom. The van der Waals surface area contributed by atoms with Crippen LogP contribution in [0.3, 0.4) is 0 Å². The van der Waals surface area contributed by atoms with Crippen LogP contribution in [0, 0.1) is 0 Å². The molecule has 0 bridgehead atoms. The zero-order valence-electron chi connectivity index (χ0n) is 8.12. The van der Waals surface area contributed by atoms with Crippen LogP contribution in [0.25, 0.3) is 0 Å². The van der Waals surface area contributed by atoms with E-state index in [1.165, 1.54) is 12.1 Å². The van der Waals surface area contributed by atoms with Crippen molar-refractivity contribution in [1.82, 2.24) is 0 Å². The van der Waals surface area contributed by atoms with Gasteiger partial charge in [0.05, 0.1) is 16.9 Å². The smallest absolute Gasteiger partial charge is 0.455 e. The van der Waals surface area contributed by atoms with Gasteiger partial charge < -0.3 is 5.11 Å². The van der Waals surface area contributed by atoms with Crippen LogP contribution >= 0.6 is 11.6 Å². The number of nitrogens with one attached hydrogen (secondary N) is 1. The second-order valence-corrected chi connectivity index (χ2v) is 3.31. The molecule has 8 heteroatoms. The van der Waals surface area contributed by atoms with Crippen molar-refractivity contribution in [2.24, 2.45) is 5.10 Å². The average molecular weight is 267 g/mol. The van der Waals surface area contributed by atoms with Crippen molar-refractivity contribution >= 4 is 29.3 Å². The molecule has 0 aliphatic rings. The highest BCUT2D eigenvalue weighted by molar-refractivity contribution is 6.32. The molecule has 0 aliphatic heterocycles. The maximum absolute atomic E-state index is 11.8. The highest BCUT2D eigenvalue weighted by Gasteiger charge is 2.36. The average Bonchev–Trinajstić information content (AvgIpc) is 2.22. The number of phenols is 1. The number of benzene rings is 1. The maximum atomic E-state index is 11.8. The summed E-state index contributed by atoms with van der Waals surface area (Å²) in [4.78, 5) is 10.4. The summed E-state index contributed by atoms with van der Waals surface area (Å²) in [6.45, 7) is 0. The first-order valence-electron chi connectivity index (χ1n) is 4.19. The van der Waals surface area contributed by atoms with Gasteiger partial charge in [-0.05, 0) is 12.1 Å². The zero-order chi connectivity index (χ0) is 13.1. The van der Waals surface area contributed by atoms with Gasteiger partial charge in [0.2, 0.25) is 0 Å². The number of aromatic hydroxyl groups is 1. The number of hydrazone groups is 1. The predicted molar refractivity (Wildman–Crippen MR) is 56.3 cm³/mol. The van der Waals surface area contributed by atoms with Crippen LogP contribution in [-0.4, -0.2) is 23.3 Å². The van der Waals surface area contributed by atoms with Crippen LogP contribution in [0.5, 0.6) is 5.75 Å². The van der Waals surface area contributed by atoms with Crippen LogP contribution in [0.2, 0.25) is 5.02 Å². The fourth-order valence-electron chi connectivity index (χ4n) is 0.821. The summed E-state index contributed by atoms with van der Waals surface area (Å²) in [5, 5.41) is 12.3. The number of Topliss-reactive ketones (excluding diaryl/α,β-unsaturated/α-hetero) is 1. The van der Waals surface area contributed by atoms with Gasteiger partial charge in [-0.25, -0.2) is 0 Å². The first-order chi connectivity index (χ1) is 7.80. The summed E-state index contributed by atoms with van der Waals surface area (Å²) >= 11 is 5.51. The Balaban J connectivity index is 2.65. The molecule has 1 aromatic rings. The topological polar surface area (TPSA) is 61.7 Å². The van der Waals surface area contributed by atoms with Gasteiger partial charge >= 0.3 is 6.18 Å². The molecule has 1 aromatic carbocycles. The zero-order valence-corrected chi connectivity index (χ0v) is 8.88. The molecule has 0 heterocycles. The molecule has 0 saturated heterocycles. The van der Waals surface area contributed by atoms with Gasteiger partial charge in [0.25, 0.3) is 5.78 Å². The van der Waals surface area contributed by atoms with Gasteiger partial charge in [0, 0.05) is 6.07 Å². The Hall–Kier alpha value is -1.76. The minimum atomic E-state index is -4.95. The lowest BCUT2D eigenvalue weighted by Crippen LogP contribution is -2.23. The monoisotopic (exact) mass is 266 g/mol. The van der Waals surface area contributed by atoms with Crippen molar-refractivity contribution in [3.63, 3.8) is 0 Å². The summed E-state index contributed by atoms with van der Waals surface area (Å²) in [7, 11) is 0. The number of hydrogen-bond donors (Lipinski definition) is 2. The molecule has 17 heavy (non-hydrogen) atoms. The van der Waals surface area contributed by atoms with E-state index in [9.17, 15) is 18.0 Å². The van der Waals surface area contributed by atoms with Crippen LogP contribution in [-0.2, 0) is 4.79 Å². The Morgan fingerprint density at radius 3 is 2.65 bits per heavy atom. The molecule has 1 rings (SSSR count). The molecule has 0 radical (unpaired) electrons. The number of hydrogen-bond acceptors (Lipinski definition) is 4. The molecular weight excluding hydrogens is 261 g/mol. The molecule has 0 aliphatic carbocycles. The summed E-state index contributed by atoms with van der Waals surface area (Å²) in [5.41, 5.74) is 2.34. The SMILES string of the molecule is O=C(/C=N\Nc1ccc(Cl)c(O)c1)C(F)(F)F. The molecule has 0 amide bonds. The molecule has 4 nitrogen and oxygen atoms in total. The number of ketones is 1. The van der Waals surface area contributed by atoms with E-state index in [4.69, 9.17) is 16.7 Å². The number of nitrogens with zero attached hydrogens (tertiary/aromatic N) is 1. The van der Waals surface area contributed by atoms with Crippen molar-refractivity contribution in [2.75, 3.05) is 5.43 Å². The Labute approximate surface area is 98.7 Å². The van der Waals surface area contributed by atoms with Crippen LogP contribution in [0.4, 0.5) is 18.9 Å². The van der Waals surface area contributed by atoms with E-state index in [0.29, 0.717) is 0 Å². The first kappa shape index (κ1) is 13.3. The van der Waals surface area contributed by atoms with Crippen LogP contribution in [0.15, 0.2) is 23.3 Å². The quantitative estimate of drug-likeness (QED) is 0.653. The van der Waals surface area contributed by atoms with Gasteiger partial charge in [0.1, 0.15) is 5.75 Å². The van der Waals surface area contributed by atoms with Crippen LogP contribution in [0.1, 0.15) is 0 Å². The van der Waals surface area contributed by atoms with Crippen LogP contribution < -0.4 is 5.43 Å². The van der Waals surface area contributed by atoms with E-state index < -0.39 is 12.0 Å². The number of carbonyl (C=O) groups excluding carboxylic acids is 1. The standard InChI is InChI=1S/C9H6ClF3N2O2/c10-6-2-1-5(3-7(6)16)15-14-4-8(17)9(11,12)13/h1-4,15-16H/b14-4-. The van der Waals surface area contributed by atoms with Gasteiger partial charge in [0.15, 0.2) is 0 Å². The molecular formula is C9H6ClF3N2O2. The third-order valence-electron chi connectivity index (χ3n) is 1.60. The Bertz CT molecular complexity index is 460. The molecule has 0 fully saturated rings. The van der Waals surface area contributed by atoms with Crippen molar-refractivity contribution in [2.45, 2.75) is 6.18 Å². The summed E-state index contributed by atoms with van der Waals surface area (Å²) in [6, 6.07) is 3.84. The molecule has 0 unspecified atom stereocenters. The second kappa shape index (κ2) is 5.05. The van der Waals surface area contributed by atoms with Crippen molar-refractivity contribution < 1.29 is 23.1 Å². The molecule has 0 spiro atoms. The number of rotatable bonds is 3. The molecule has 0 atom stereocenters. The van der Waals surface area contributed by atoms with E-state index in [-0.39, 0.29) is 22.7 Å². The molecule has 0 saturated carbocycles. The third kappa shape index (κ3) is 3.95. The Kier molecular flexibility index (Phi) is 3.95. The number of anilines is 1. The summed E-state index contributed by atoms with van der Waals surface area (Å²) in [5.74, 6) is -2.34. The fraction of sp³-hybridized carbons (Fsp3) is 0.111. The lowest BCUT2D eigenvalue weighted by Gasteiger charge is -2.02. The van der Waals surface area contributed by atoms with Gasteiger partial charge in [-0.1, -0.05) is 11.6 Å². The van der Waals surface area contributed by atoms with Gasteiger partial charge in [-0.3, -0.25) is 10.2 Å². The molecule has 2 N–H and O–H groups in total. The largest absolute Gasteiger partial charge is 0.506 e. The molecule has 92 valence electrons. The lowest BCUT2D eigenvalue weighted by atomic mass is 10.3. The minimum absolute atomic E-state index is 0.0888. The number of phenolic OH excluding ortho intramolecular Hbond substituents is 1. The van der Waals surface area contributed by atoms with E-state index in [2.05, 4.69) is 10.5 Å². The van der Waals surface area contributed by atoms with Gasteiger partial charge in [-0.15, -0.1) is 0 Å². The fourth-order valence-corrected chi connectivity index (χ4v) is 0.938. The van der Waals surface area contributed by atoms with Crippen molar-refractivity contribution in [1.29, 1.82) is 0 Å². The highest BCUT2D eigenvalue weighted by Crippen LogP contribution is 2.26. The van der Waals surface area contributed by atoms with E-state index in [1.54, 1.807) is 0 Å². The third-order valence-corrected chi connectivity index (χ3v) is 1.92. The normalized spacial score (nSPS) is 11.8. The van der Waals surface area contributed by atoms with E-state index in [1.807, 2.05) is 0 Å². The minimum Gasteiger partial charge on any atom is -0.506 e. The summed E-state index contributed by atoms with van der Waals surface area (Å²) < 4.78 is 35.3. The Morgan fingerprint density at radius 2 is 2.12 bits per heavy atom. The number of halogens is 4. The first-order valence-corrected chi connectivity index (χ1v) is 4.57. The number of alkyl halides is 3. The lowest BCUT2D eigenvalue weighted by molar-refractivity contribution is -0.162. The molecule has 0 aromatic heterocycles. The second-order valence-electron chi connectivity index (χ2n) is 2.90. The van der Waals surface area contributed by atoms with Crippen molar-refractivity contribution in [3.8, 4) is 5.75 Å². The predicted octanol–water partition coefficient (Wildman–Crippen LogP) is 2.57. The van der Waals surface area contributed by atoms with Crippen molar-refractivity contribution in [3.05, 3.63) is 23.2 Å². The number of carbonyl (C=O) groups is 1. The van der Waals surface area contributed by atoms with E-state index >= 15 is 0 Å².